The first kappa shape index (κ1) is 13.4. The van der Waals surface area contributed by atoms with Gasteiger partial charge in [0.1, 0.15) is 5.82 Å². The fraction of sp³-hybridized carbons (Fsp3) is 0.600. The van der Waals surface area contributed by atoms with Crippen molar-refractivity contribution in [3.8, 4) is 0 Å². The Morgan fingerprint density at radius 1 is 1.45 bits per heavy atom. The Labute approximate surface area is 118 Å². The smallest absolute Gasteiger partial charge is 0.339 e. The molecule has 0 bridgehead atoms. The normalized spacial score (nSPS) is 25.4. The zero-order valence-corrected chi connectivity index (χ0v) is 11.7. The number of carbonyl (C=O) groups is 1. The second-order valence-electron chi connectivity index (χ2n) is 5.36. The van der Waals surface area contributed by atoms with E-state index in [2.05, 4.69) is 10.3 Å². The maximum atomic E-state index is 11.5. The molecule has 1 aliphatic heterocycles. The van der Waals surface area contributed by atoms with Crippen LogP contribution in [-0.4, -0.2) is 36.3 Å². The highest BCUT2D eigenvalue weighted by Crippen LogP contribution is 2.39. The fourth-order valence-corrected chi connectivity index (χ4v) is 2.66. The molecule has 1 aromatic heterocycles. The molecular formula is C15H20N2O3. The quantitative estimate of drug-likeness (QED) is 0.836. The van der Waals surface area contributed by atoms with E-state index in [4.69, 9.17) is 9.47 Å². The summed E-state index contributed by atoms with van der Waals surface area (Å²) in [5.74, 6) is 1.18. The van der Waals surface area contributed by atoms with E-state index >= 15 is 0 Å². The summed E-state index contributed by atoms with van der Waals surface area (Å²) in [7, 11) is 0. The Morgan fingerprint density at radius 2 is 2.30 bits per heavy atom. The van der Waals surface area contributed by atoms with Gasteiger partial charge in [-0.15, -0.1) is 0 Å². The summed E-state index contributed by atoms with van der Waals surface area (Å²) < 4.78 is 10.7. The summed E-state index contributed by atoms with van der Waals surface area (Å²) in [6.07, 6.45) is 5.45. The first-order valence-electron chi connectivity index (χ1n) is 7.29. The molecule has 0 amide bonds. The van der Waals surface area contributed by atoms with Crippen LogP contribution in [0.2, 0.25) is 0 Å². The molecule has 2 heterocycles. The van der Waals surface area contributed by atoms with Crippen molar-refractivity contribution in [1.29, 1.82) is 0 Å². The van der Waals surface area contributed by atoms with E-state index in [1.807, 2.05) is 6.07 Å². The number of esters is 1. The van der Waals surface area contributed by atoms with Crippen LogP contribution in [0.25, 0.3) is 0 Å². The molecule has 1 saturated heterocycles. The molecule has 108 valence electrons. The highest BCUT2D eigenvalue weighted by molar-refractivity contribution is 5.89. The number of rotatable bonds is 5. The average molecular weight is 276 g/mol. The van der Waals surface area contributed by atoms with Crippen LogP contribution in [0.5, 0.6) is 0 Å². The van der Waals surface area contributed by atoms with Crippen molar-refractivity contribution in [2.45, 2.75) is 38.3 Å². The third kappa shape index (κ3) is 2.93. The van der Waals surface area contributed by atoms with Crippen molar-refractivity contribution in [1.82, 2.24) is 4.98 Å². The van der Waals surface area contributed by atoms with Crippen molar-refractivity contribution >= 4 is 11.8 Å². The van der Waals surface area contributed by atoms with Crippen molar-refractivity contribution < 1.29 is 14.3 Å². The molecule has 0 aromatic carbocycles. The van der Waals surface area contributed by atoms with Gasteiger partial charge in [0.2, 0.25) is 0 Å². The predicted octanol–water partition coefficient (Wildman–Crippen LogP) is 2.24. The van der Waals surface area contributed by atoms with Crippen LogP contribution in [0, 0.1) is 5.92 Å². The standard InChI is InChI=1S/C15H20N2O3/c1-2-19-15(18)11-5-6-13(16-9-11)17-12-7-8-20-14(12)10-3-4-10/h5-6,9-10,12,14H,2-4,7-8H2,1H3,(H,16,17). The minimum absolute atomic E-state index is 0.321. The molecule has 20 heavy (non-hydrogen) atoms. The highest BCUT2D eigenvalue weighted by atomic mass is 16.5. The van der Waals surface area contributed by atoms with E-state index < -0.39 is 0 Å². The van der Waals surface area contributed by atoms with E-state index in [1.54, 1.807) is 19.2 Å². The fourth-order valence-electron chi connectivity index (χ4n) is 2.66. The first-order chi connectivity index (χ1) is 9.78. The van der Waals surface area contributed by atoms with Gasteiger partial charge in [0.05, 0.1) is 24.3 Å². The second kappa shape index (κ2) is 5.79. The maximum absolute atomic E-state index is 11.5. The summed E-state index contributed by atoms with van der Waals surface area (Å²) in [5, 5.41) is 3.42. The lowest BCUT2D eigenvalue weighted by Crippen LogP contribution is -2.31. The summed E-state index contributed by atoms with van der Waals surface area (Å²) in [5.41, 5.74) is 0.485. The monoisotopic (exact) mass is 276 g/mol. The molecule has 2 aliphatic rings. The average Bonchev–Trinajstić information content (AvgIpc) is 3.20. The topological polar surface area (TPSA) is 60.5 Å². The molecule has 2 atom stereocenters. The van der Waals surface area contributed by atoms with Gasteiger partial charge in [-0.2, -0.15) is 0 Å². The van der Waals surface area contributed by atoms with Crippen LogP contribution < -0.4 is 5.32 Å². The molecule has 5 nitrogen and oxygen atoms in total. The number of ether oxygens (including phenoxy) is 2. The van der Waals surface area contributed by atoms with Gasteiger partial charge in [-0.1, -0.05) is 0 Å². The molecule has 1 aliphatic carbocycles. The van der Waals surface area contributed by atoms with Crippen LogP contribution in [0.4, 0.5) is 5.82 Å². The van der Waals surface area contributed by atoms with Crippen molar-refractivity contribution in [2.24, 2.45) is 5.92 Å². The molecule has 0 spiro atoms. The van der Waals surface area contributed by atoms with E-state index in [-0.39, 0.29) is 5.97 Å². The highest BCUT2D eigenvalue weighted by Gasteiger charge is 2.40. The number of anilines is 1. The Morgan fingerprint density at radius 3 is 2.95 bits per heavy atom. The van der Waals surface area contributed by atoms with Crippen LogP contribution in [0.15, 0.2) is 18.3 Å². The lowest BCUT2D eigenvalue weighted by Gasteiger charge is -2.19. The zero-order chi connectivity index (χ0) is 13.9. The van der Waals surface area contributed by atoms with Gasteiger partial charge >= 0.3 is 5.97 Å². The largest absolute Gasteiger partial charge is 0.462 e. The number of hydrogen-bond donors (Lipinski definition) is 1. The van der Waals surface area contributed by atoms with Gasteiger partial charge in [-0.25, -0.2) is 9.78 Å². The van der Waals surface area contributed by atoms with Crippen LogP contribution in [-0.2, 0) is 9.47 Å². The summed E-state index contributed by atoms with van der Waals surface area (Å²) >= 11 is 0. The summed E-state index contributed by atoms with van der Waals surface area (Å²) in [4.78, 5) is 15.8. The molecule has 3 rings (SSSR count). The van der Waals surface area contributed by atoms with E-state index in [0.29, 0.717) is 30.2 Å². The first-order valence-corrected chi connectivity index (χ1v) is 7.29. The molecule has 1 N–H and O–H groups in total. The number of aromatic nitrogens is 1. The summed E-state index contributed by atoms with van der Waals surface area (Å²) in [6, 6.07) is 3.91. The van der Waals surface area contributed by atoms with Gasteiger partial charge in [-0.05, 0) is 44.2 Å². The SMILES string of the molecule is CCOC(=O)c1ccc(NC2CCOC2C2CC2)nc1. The predicted molar refractivity (Wildman–Crippen MR) is 74.7 cm³/mol. The van der Waals surface area contributed by atoms with Gasteiger partial charge < -0.3 is 14.8 Å². The maximum Gasteiger partial charge on any atom is 0.339 e. The number of nitrogens with zero attached hydrogens (tertiary/aromatic N) is 1. The van der Waals surface area contributed by atoms with Crippen molar-refractivity contribution in [3.63, 3.8) is 0 Å². The third-order valence-corrected chi connectivity index (χ3v) is 3.83. The third-order valence-electron chi connectivity index (χ3n) is 3.83. The van der Waals surface area contributed by atoms with Crippen molar-refractivity contribution in [3.05, 3.63) is 23.9 Å². The minimum Gasteiger partial charge on any atom is -0.462 e. The Hall–Kier alpha value is -1.62. The second-order valence-corrected chi connectivity index (χ2v) is 5.36. The number of pyridine rings is 1. The zero-order valence-electron chi connectivity index (χ0n) is 11.7. The number of hydrogen-bond acceptors (Lipinski definition) is 5. The van der Waals surface area contributed by atoms with Gasteiger partial charge in [-0.3, -0.25) is 0 Å². The Balaban J connectivity index is 1.61. The molecule has 1 saturated carbocycles. The lowest BCUT2D eigenvalue weighted by atomic mass is 10.1. The van der Waals surface area contributed by atoms with Gasteiger partial charge in [0.25, 0.3) is 0 Å². The van der Waals surface area contributed by atoms with Crippen LogP contribution in [0.1, 0.15) is 36.5 Å². The van der Waals surface area contributed by atoms with Crippen LogP contribution >= 0.6 is 0 Å². The van der Waals surface area contributed by atoms with E-state index in [0.717, 1.165) is 18.8 Å². The van der Waals surface area contributed by atoms with E-state index in [9.17, 15) is 4.79 Å². The molecule has 2 unspecified atom stereocenters. The molecule has 2 fully saturated rings. The minimum atomic E-state index is -0.327. The Kier molecular flexibility index (Phi) is 3.87. The van der Waals surface area contributed by atoms with Crippen molar-refractivity contribution in [2.75, 3.05) is 18.5 Å². The van der Waals surface area contributed by atoms with E-state index in [1.165, 1.54) is 12.8 Å². The van der Waals surface area contributed by atoms with Gasteiger partial charge in [0.15, 0.2) is 0 Å². The molecule has 1 aromatic rings. The molecular weight excluding hydrogens is 256 g/mol. The molecule has 5 heteroatoms. The molecule has 0 radical (unpaired) electrons. The van der Waals surface area contributed by atoms with Crippen LogP contribution in [0.3, 0.4) is 0 Å². The number of carbonyl (C=O) groups excluding carboxylic acids is 1. The Bertz CT molecular complexity index is 471. The number of nitrogens with one attached hydrogen (secondary N) is 1. The summed E-state index contributed by atoms with van der Waals surface area (Å²) in [6.45, 7) is 2.99. The van der Waals surface area contributed by atoms with Gasteiger partial charge in [0, 0.05) is 12.8 Å². The lowest BCUT2D eigenvalue weighted by molar-refractivity contribution is 0.0526.